The average Bonchev–Trinajstić information content (AvgIpc) is 2.67. The van der Waals surface area contributed by atoms with Gasteiger partial charge < -0.3 is 10.2 Å². The molecule has 0 bridgehead atoms. The fourth-order valence-corrected chi connectivity index (χ4v) is 2.21. The lowest BCUT2D eigenvalue weighted by atomic mass is 10.0. The predicted molar refractivity (Wildman–Crippen MR) is 71.0 cm³/mol. The van der Waals surface area contributed by atoms with Gasteiger partial charge in [0.1, 0.15) is 5.82 Å². The number of rotatable bonds is 3. The molecule has 19 heavy (non-hydrogen) atoms. The Kier molecular flexibility index (Phi) is 3.75. The second-order valence-electron chi connectivity index (χ2n) is 4.82. The summed E-state index contributed by atoms with van der Waals surface area (Å²) in [6.45, 7) is 3.91. The Balaban J connectivity index is 2.03. The highest BCUT2D eigenvalue weighted by atomic mass is 35.5. The SMILES string of the molecule is CC1=NOC(C)(CNC(=O)c2c(F)cccc2Cl)C1. The molecule has 1 aromatic rings. The van der Waals surface area contributed by atoms with Gasteiger partial charge in [0.25, 0.3) is 5.91 Å². The standard InChI is InChI=1S/C13H14ClFN2O2/c1-8-6-13(2,19-17-8)7-16-12(18)11-9(14)4-3-5-10(11)15/h3-5H,6-7H2,1-2H3,(H,16,18). The van der Waals surface area contributed by atoms with Crippen molar-refractivity contribution in [3.8, 4) is 0 Å². The number of oxime groups is 1. The van der Waals surface area contributed by atoms with Crippen LogP contribution in [-0.4, -0.2) is 23.8 Å². The van der Waals surface area contributed by atoms with E-state index in [0.29, 0.717) is 6.42 Å². The van der Waals surface area contributed by atoms with Crippen molar-refractivity contribution in [3.63, 3.8) is 0 Å². The van der Waals surface area contributed by atoms with Crippen molar-refractivity contribution in [1.29, 1.82) is 0 Å². The molecule has 0 aliphatic carbocycles. The van der Waals surface area contributed by atoms with Crippen LogP contribution >= 0.6 is 11.6 Å². The summed E-state index contributed by atoms with van der Waals surface area (Å²) in [6, 6.07) is 4.12. The lowest BCUT2D eigenvalue weighted by molar-refractivity contribution is -0.00184. The molecule has 0 aromatic heterocycles. The zero-order valence-electron chi connectivity index (χ0n) is 10.7. The average molecular weight is 285 g/mol. The number of carbonyl (C=O) groups excluding carboxylic acids is 1. The predicted octanol–water partition coefficient (Wildman–Crippen LogP) is 2.76. The van der Waals surface area contributed by atoms with Crippen molar-refractivity contribution in [3.05, 3.63) is 34.6 Å². The van der Waals surface area contributed by atoms with Crippen molar-refractivity contribution < 1.29 is 14.0 Å². The van der Waals surface area contributed by atoms with Crippen LogP contribution < -0.4 is 5.32 Å². The normalized spacial score (nSPS) is 21.8. The van der Waals surface area contributed by atoms with Gasteiger partial charge in [0.2, 0.25) is 0 Å². The molecular formula is C13H14ClFN2O2. The molecule has 6 heteroatoms. The van der Waals surface area contributed by atoms with Crippen molar-refractivity contribution >= 4 is 23.2 Å². The largest absolute Gasteiger partial charge is 0.387 e. The summed E-state index contributed by atoms with van der Waals surface area (Å²) in [4.78, 5) is 17.2. The first-order valence-corrected chi connectivity index (χ1v) is 6.23. The number of nitrogens with one attached hydrogen (secondary N) is 1. The summed E-state index contributed by atoms with van der Waals surface area (Å²) in [5.41, 5.74) is 0.126. The molecule has 0 saturated carbocycles. The number of halogens is 2. The van der Waals surface area contributed by atoms with Crippen LogP contribution in [0.15, 0.2) is 23.4 Å². The van der Waals surface area contributed by atoms with Crippen LogP contribution in [0.1, 0.15) is 30.6 Å². The van der Waals surface area contributed by atoms with Gasteiger partial charge in [-0.3, -0.25) is 4.79 Å². The summed E-state index contributed by atoms with van der Waals surface area (Å²) in [5.74, 6) is -1.20. The highest BCUT2D eigenvalue weighted by Gasteiger charge is 2.33. The monoisotopic (exact) mass is 284 g/mol. The molecule has 1 heterocycles. The molecule has 1 amide bonds. The number of hydrogen-bond donors (Lipinski definition) is 1. The quantitative estimate of drug-likeness (QED) is 0.928. The second kappa shape index (κ2) is 5.17. The lowest BCUT2D eigenvalue weighted by Gasteiger charge is -2.21. The van der Waals surface area contributed by atoms with Gasteiger partial charge in [0.15, 0.2) is 5.60 Å². The maximum Gasteiger partial charge on any atom is 0.255 e. The molecule has 102 valence electrons. The van der Waals surface area contributed by atoms with Crippen LogP contribution in [0.2, 0.25) is 5.02 Å². The van der Waals surface area contributed by atoms with E-state index in [1.54, 1.807) is 0 Å². The van der Waals surface area contributed by atoms with E-state index in [1.165, 1.54) is 18.2 Å². The summed E-state index contributed by atoms with van der Waals surface area (Å²) >= 11 is 5.82. The Hall–Kier alpha value is -1.62. The fourth-order valence-electron chi connectivity index (χ4n) is 1.96. The Morgan fingerprint density at radius 1 is 1.63 bits per heavy atom. The van der Waals surface area contributed by atoms with E-state index in [4.69, 9.17) is 16.4 Å². The molecule has 1 aliphatic rings. The van der Waals surface area contributed by atoms with Crippen molar-refractivity contribution in [2.45, 2.75) is 25.9 Å². The zero-order valence-corrected chi connectivity index (χ0v) is 11.4. The maximum absolute atomic E-state index is 13.6. The molecule has 0 fully saturated rings. The first kappa shape index (κ1) is 13.8. The fraction of sp³-hybridized carbons (Fsp3) is 0.385. The first-order valence-electron chi connectivity index (χ1n) is 5.85. The molecule has 0 spiro atoms. The van der Waals surface area contributed by atoms with Gasteiger partial charge in [0.05, 0.1) is 22.8 Å². The van der Waals surface area contributed by atoms with Gasteiger partial charge in [-0.2, -0.15) is 0 Å². The number of amides is 1. The smallest absolute Gasteiger partial charge is 0.255 e. The highest BCUT2D eigenvalue weighted by Crippen LogP contribution is 2.23. The topological polar surface area (TPSA) is 50.7 Å². The molecular weight excluding hydrogens is 271 g/mol. The maximum atomic E-state index is 13.6. The Bertz CT molecular complexity index is 527. The van der Waals surface area contributed by atoms with Gasteiger partial charge in [-0.15, -0.1) is 0 Å². The molecule has 1 aromatic carbocycles. The first-order chi connectivity index (χ1) is 8.91. The van der Waals surface area contributed by atoms with Crippen LogP contribution in [0.5, 0.6) is 0 Å². The van der Waals surface area contributed by atoms with Crippen LogP contribution in [0.4, 0.5) is 4.39 Å². The van der Waals surface area contributed by atoms with E-state index in [9.17, 15) is 9.18 Å². The second-order valence-corrected chi connectivity index (χ2v) is 5.23. The van der Waals surface area contributed by atoms with Crippen molar-refractivity contribution in [2.24, 2.45) is 5.16 Å². The van der Waals surface area contributed by atoms with Crippen LogP contribution in [0, 0.1) is 5.82 Å². The van der Waals surface area contributed by atoms with E-state index in [1.807, 2.05) is 13.8 Å². The number of benzene rings is 1. The van der Waals surface area contributed by atoms with E-state index in [2.05, 4.69) is 10.5 Å². The molecule has 0 saturated heterocycles. The Morgan fingerprint density at radius 3 is 2.95 bits per heavy atom. The third-order valence-corrected chi connectivity index (χ3v) is 3.18. The minimum Gasteiger partial charge on any atom is -0.387 e. The Morgan fingerprint density at radius 2 is 2.37 bits per heavy atom. The van der Waals surface area contributed by atoms with Crippen LogP contribution in [0.25, 0.3) is 0 Å². The summed E-state index contributed by atoms with van der Waals surface area (Å²) in [7, 11) is 0. The molecule has 4 nitrogen and oxygen atoms in total. The summed E-state index contributed by atoms with van der Waals surface area (Å²) in [6.07, 6.45) is 0.623. The van der Waals surface area contributed by atoms with Gasteiger partial charge >= 0.3 is 0 Å². The van der Waals surface area contributed by atoms with Gasteiger partial charge in [-0.1, -0.05) is 22.8 Å². The van der Waals surface area contributed by atoms with E-state index in [-0.39, 0.29) is 17.1 Å². The minimum absolute atomic E-state index is 0.0856. The third-order valence-electron chi connectivity index (χ3n) is 2.86. The van der Waals surface area contributed by atoms with E-state index < -0.39 is 17.3 Å². The lowest BCUT2D eigenvalue weighted by Crippen LogP contribution is -2.41. The number of nitrogens with zero attached hydrogens (tertiary/aromatic N) is 1. The Labute approximate surface area is 115 Å². The van der Waals surface area contributed by atoms with E-state index in [0.717, 1.165) is 5.71 Å². The van der Waals surface area contributed by atoms with Crippen molar-refractivity contribution in [2.75, 3.05) is 6.54 Å². The molecule has 1 atom stereocenters. The van der Waals surface area contributed by atoms with E-state index >= 15 is 0 Å². The van der Waals surface area contributed by atoms with Gasteiger partial charge in [0, 0.05) is 6.42 Å². The molecule has 0 radical (unpaired) electrons. The highest BCUT2D eigenvalue weighted by molar-refractivity contribution is 6.33. The molecule has 2 rings (SSSR count). The van der Waals surface area contributed by atoms with Gasteiger partial charge in [-0.05, 0) is 26.0 Å². The van der Waals surface area contributed by atoms with Crippen molar-refractivity contribution in [1.82, 2.24) is 5.32 Å². The summed E-state index contributed by atoms with van der Waals surface area (Å²) < 4.78 is 13.6. The number of hydrogen-bond acceptors (Lipinski definition) is 3. The molecule has 1 unspecified atom stereocenters. The zero-order chi connectivity index (χ0) is 14.0. The van der Waals surface area contributed by atoms with Crippen LogP contribution in [0.3, 0.4) is 0 Å². The molecule has 1 aliphatic heterocycles. The minimum atomic E-state index is -0.644. The molecule has 1 N–H and O–H groups in total. The number of carbonyl (C=O) groups is 1. The third kappa shape index (κ3) is 3.04. The van der Waals surface area contributed by atoms with Crippen LogP contribution in [-0.2, 0) is 4.84 Å². The summed E-state index contributed by atoms with van der Waals surface area (Å²) in [5, 5.41) is 6.55. The van der Waals surface area contributed by atoms with Gasteiger partial charge in [-0.25, -0.2) is 4.39 Å².